The van der Waals surface area contributed by atoms with Crippen molar-refractivity contribution in [1.82, 2.24) is 9.55 Å². The van der Waals surface area contributed by atoms with Gasteiger partial charge in [0.05, 0.1) is 11.0 Å². The van der Waals surface area contributed by atoms with Gasteiger partial charge in [-0.3, -0.25) is 0 Å². The number of rotatable bonds is 2. The molecule has 0 aliphatic carbocycles. The Morgan fingerprint density at radius 2 is 1.90 bits per heavy atom. The second-order valence-corrected chi connectivity index (χ2v) is 5.80. The molecule has 0 fully saturated rings. The fourth-order valence-corrected chi connectivity index (χ4v) is 3.21. The maximum atomic E-state index is 6.19. The summed E-state index contributed by atoms with van der Waals surface area (Å²) in [7, 11) is 0. The Hall–Kier alpha value is -2.06. The van der Waals surface area contributed by atoms with Crippen molar-refractivity contribution in [2.75, 3.05) is 0 Å². The molecular weight excluding hydrogens is 280 g/mol. The minimum absolute atomic E-state index is 0.770. The molecule has 0 saturated heterocycles. The summed E-state index contributed by atoms with van der Waals surface area (Å²) < 4.78 is 2.30. The number of aryl methyl sites for hydroxylation is 1. The standard InChI is InChI=1S/C18H15ClN2/c1-2-9-21-17-8-7-13(19)11-14(17)15-10-12-5-3-4-6-16(12)20-18(15)21/h3-8,10-11H,2,9H2,1H3. The zero-order valence-electron chi connectivity index (χ0n) is 11.8. The van der Waals surface area contributed by atoms with E-state index in [-0.39, 0.29) is 0 Å². The quantitative estimate of drug-likeness (QED) is 0.483. The predicted octanol–water partition coefficient (Wildman–Crippen LogP) is 5.41. The van der Waals surface area contributed by atoms with Gasteiger partial charge in [0.15, 0.2) is 0 Å². The van der Waals surface area contributed by atoms with Crippen LogP contribution in [-0.4, -0.2) is 9.55 Å². The molecule has 0 amide bonds. The van der Waals surface area contributed by atoms with Crippen LogP contribution in [0.15, 0.2) is 48.5 Å². The zero-order valence-corrected chi connectivity index (χ0v) is 12.6. The Morgan fingerprint density at radius 3 is 2.76 bits per heavy atom. The summed E-state index contributed by atoms with van der Waals surface area (Å²) in [5.74, 6) is 0. The van der Waals surface area contributed by atoms with E-state index >= 15 is 0 Å². The van der Waals surface area contributed by atoms with Gasteiger partial charge in [0.25, 0.3) is 0 Å². The van der Waals surface area contributed by atoms with Crippen molar-refractivity contribution in [3.63, 3.8) is 0 Å². The summed E-state index contributed by atoms with van der Waals surface area (Å²) in [6.45, 7) is 3.15. The fraction of sp³-hybridized carbons (Fsp3) is 0.167. The van der Waals surface area contributed by atoms with E-state index in [1.54, 1.807) is 0 Å². The zero-order chi connectivity index (χ0) is 14.4. The highest BCUT2D eigenvalue weighted by Crippen LogP contribution is 2.32. The molecule has 4 rings (SSSR count). The lowest BCUT2D eigenvalue weighted by Gasteiger charge is -2.05. The molecular formula is C18H15ClN2. The van der Waals surface area contributed by atoms with Crippen molar-refractivity contribution in [2.45, 2.75) is 19.9 Å². The lowest BCUT2D eigenvalue weighted by atomic mass is 10.1. The molecule has 0 aliphatic rings. The number of para-hydroxylation sites is 1. The van der Waals surface area contributed by atoms with Gasteiger partial charge in [0.2, 0.25) is 0 Å². The number of aromatic nitrogens is 2. The molecule has 0 N–H and O–H groups in total. The first-order valence-corrected chi connectivity index (χ1v) is 7.63. The summed E-state index contributed by atoms with van der Waals surface area (Å²) >= 11 is 6.19. The number of hydrogen-bond acceptors (Lipinski definition) is 1. The second kappa shape index (κ2) is 4.74. The maximum Gasteiger partial charge on any atom is 0.141 e. The highest BCUT2D eigenvalue weighted by atomic mass is 35.5. The van der Waals surface area contributed by atoms with Crippen LogP contribution < -0.4 is 0 Å². The van der Waals surface area contributed by atoms with Gasteiger partial charge in [-0.05, 0) is 36.8 Å². The molecule has 4 aromatic rings. The van der Waals surface area contributed by atoms with Crippen molar-refractivity contribution in [3.8, 4) is 0 Å². The molecule has 0 bridgehead atoms. The molecule has 3 heteroatoms. The van der Waals surface area contributed by atoms with Gasteiger partial charge in [0, 0.05) is 27.7 Å². The van der Waals surface area contributed by atoms with Crippen LogP contribution in [0.3, 0.4) is 0 Å². The van der Waals surface area contributed by atoms with Crippen molar-refractivity contribution in [3.05, 3.63) is 53.6 Å². The molecule has 0 unspecified atom stereocenters. The molecule has 2 nitrogen and oxygen atoms in total. The third kappa shape index (κ3) is 1.90. The molecule has 0 radical (unpaired) electrons. The lowest BCUT2D eigenvalue weighted by Crippen LogP contribution is -1.97. The first-order chi connectivity index (χ1) is 10.3. The SMILES string of the molecule is CCCn1c2ccc(Cl)cc2c2cc3ccccc3nc21. The molecule has 21 heavy (non-hydrogen) atoms. The molecule has 0 atom stereocenters. The van der Waals surface area contributed by atoms with E-state index in [0.29, 0.717) is 0 Å². The fourth-order valence-electron chi connectivity index (χ4n) is 3.03. The van der Waals surface area contributed by atoms with Gasteiger partial charge >= 0.3 is 0 Å². The summed E-state index contributed by atoms with van der Waals surface area (Å²) in [5, 5.41) is 4.30. The number of benzene rings is 2. The third-order valence-electron chi connectivity index (χ3n) is 3.95. The first kappa shape index (κ1) is 12.7. The smallest absolute Gasteiger partial charge is 0.141 e. The van der Waals surface area contributed by atoms with Gasteiger partial charge in [-0.25, -0.2) is 4.98 Å². The van der Waals surface area contributed by atoms with E-state index in [1.165, 1.54) is 21.7 Å². The second-order valence-electron chi connectivity index (χ2n) is 5.37. The summed E-state index contributed by atoms with van der Waals surface area (Å²) in [4.78, 5) is 4.88. The van der Waals surface area contributed by atoms with E-state index in [9.17, 15) is 0 Å². The Kier molecular flexibility index (Phi) is 2.86. The molecule has 0 spiro atoms. The third-order valence-corrected chi connectivity index (χ3v) is 4.18. The van der Waals surface area contributed by atoms with Crippen LogP contribution in [-0.2, 0) is 6.54 Å². The van der Waals surface area contributed by atoms with E-state index in [0.717, 1.165) is 29.2 Å². The predicted molar refractivity (Wildman–Crippen MR) is 90.0 cm³/mol. The van der Waals surface area contributed by atoms with Crippen LogP contribution in [0.5, 0.6) is 0 Å². The monoisotopic (exact) mass is 294 g/mol. The average molecular weight is 295 g/mol. The van der Waals surface area contributed by atoms with Crippen LogP contribution in [0.25, 0.3) is 32.8 Å². The summed E-state index contributed by atoms with van der Waals surface area (Å²) in [5.41, 5.74) is 3.29. The highest BCUT2D eigenvalue weighted by molar-refractivity contribution is 6.31. The molecule has 2 aromatic carbocycles. The Bertz CT molecular complexity index is 969. The maximum absolute atomic E-state index is 6.19. The number of hydrogen-bond donors (Lipinski definition) is 0. The Morgan fingerprint density at radius 1 is 1.05 bits per heavy atom. The lowest BCUT2D eigenvalue weighted by molar-refractivity contribution is 0.718. The molecule has 0 aliphatic heterocycles. The summed E-state index contributed by atoms with van der Waals surface area (Å²) in [6.07, 6.45) is 1.08. The minimum Gasteiger partial charge on any atom is -0.325 e. The topological polar surface area (TPSA) is 17.8 Å². The largest absolute Gasteiger partial charge is 0.325 e. The Balaban J connectivity index is 2.22. The van der Waals surface area contributed by atoms with Gasteiger partial charge in [-0.1, -0.05) is 36.7 Å². The van der Waals surface area contributed by atoms with E-state index in [1.807, 2.05) is 24.3 Å². The van der Waals surface area contributed by atoms with Gasteiger partial charge in [-0.15, -0.1) is 0 Å². The van der Waals surface area contributed by atoms with Crippen molar-refractivity contribution < 1.29 is 0 Å². The minimum atomic E-state index is 0.770. The number of pyridine rings is 1. The average Bonchev–Trinajstić information content (AvgIpc) is 2.79. The van der Waals surface area contributed by atoms with Gasteiger partial charge in [0.1, 0.15) is 5.65 Å². The number of fused-ring (bicyclic) bond motifs is 4. The van der Waals surface area contributed by atoms with Crippen molar-refractivity contribution in [1.29, 1.82) is 0 Å². The Labute approximate surface area is 128 Å². The van der Waals surface area contributed by atoms with E-state index < -0.39 is 0 Å². The molecule has 2 heterocycles. The number of halogens is 1. The van der Waals surface area contributed by atoms with Crippen LogP contribution >= 0.6 is 11.6 Å². The number of nitrogens with zero attached hydrogens (tertiary/aromatic N) is 2. The van der Waals surface area contributed by atoms with Gasteiger partial charge < -0.3 is 4.57 Å². The normalized spacial score (nSPS) is 11.7. The molecule has 104 valence electrons. The van der Waals surface area contributed by atoms with Crippen LogP contribution in [0.2, 0.25) is 5.02 Å². The molecule has 0 saturated carbocycles. The van der Waals surface area contributed by atoms with E-state index in [4.69, 9.17) is 16.6 Å². The molecule has 2 aromatic heterocycles. The highest BCUT2D eigenvalue weighted by Gasteiger charge is 2.12. The van der Waals surface area contributed by atoms with Crippen LogP contribution in [0.4, 0.5) is 0 Å². The van der Waals surface area contributed by atoms with Crippen LogP contribution in [0.1, 0.15) is 13.3 Å². The summed E-state index contributed by atoms with van der Waals surface area (Å²) in [6, 6.07) is 16.6. The van der Waals surface area contributed by atoms with Crippen LogP contribution in [0, 0.1) is 0 Å². The van der Waals surface area contributed by atoms with E-state index in [2.05, 4.69) is 35.8 Å². The van der Waals surface area contributed by atoms with Crippen molar-refractivity contribution >= 4 is 44.4 Å². The van der Waals surface area contributed by atoms with Crippen molar-refractivity contribution in [2.24, 2.45) is 0 Å². The van der Waals surface area contributed by atoms with Gasteiger partial charge in [-0.2, -0.15) is 0 Å². The first-order valence-electron chi connectivity index (χ1n) is 7.25.